The summed E-state index contributed by atoms with van der Waals surface area (Å²) in [5.74, 6) is -9.56. The van der Waals surface area contributed by atoms with Gasteiger partial charge >= 0.3 is 5.97 Å². The number of aromatic nitrogens is 1. The summed E-state index contributed by atoms with van der Waals surface area (Å²) in [6, 6.07) is 5.41. The minimum atomic E-state index is -1.77. The summed E-state index contributed by atoms with van der Waals surface area (Å²) in [4.78, 5) is 133. The molecule has 23 heteroatoms. The molecule has 1 fully saturated rings. The number of aliphatic carboxylic acids is 1. The van der Waals surface area contributed by atoms with Gasteiger partial charge in [-0.05, 0) is 37.0 Å². The maximum atomic E-state index is 13.9. The highest BCUT2D eigenvalue weighted by molar-refractivity contribution is 5.99. The van der Waals surface area contributed by atoms with E-state index in [0.717, 1.165) is 15.8 Å². The third-order valence-electron chi connectivity index (χ3n) is 10.2. The van der Waals surface area contributed by atoms with E-state index in [1.165, 1.54) is 6.92 Å². The molecule has 0 aliphatic carbocycles. The second kappa shape index (κ2) is 23.2. The zero-order chi connectivity index (χ0) is 47.1. The number of nitrogens with one attached hydrogen (secondary N) is 7. The number of fused-ring (bicyclic) bond motifs is 1. The van der Waals surface area contributed by atoms with Crippen molar-refractivity contribution in [2.75, 3.05) is 19.7 Å². The number of H-pyrrole nitrogens is 1. The molecule has 1 saturated heterocycles. The van der Waals surface area contributed by atoms with E-state index in [9.17, 15) is 53.1 Å². The first-order valence-corrected chi connectivity index (χ1v) is 20.2. The fourth-order valence-corrected chi connectivity index (χ4v) is 6.97. The molecule has 1 aromatic heterocycles. The number of carboxylic acid groups (broad SMARTS) is 1. The molecule has 23 nitrogen and oxygen atoms in total. The lowest BCUT2D eigenvalue weighted by atomic mass is 10.0. The molecule has 1 aliphatic rings. The number of likely N-dealkylation sites (tertiary alicyclic amines) is 1. The van der Waals surface area contributed by atoms with E-state index < -0.39 is 127 Å². The van der Waals surface area contributed by atoms with E-state index in [-0.39, 0.29) is 25.8 Å². The molecule has 0 unspecified atom stereocenters. The summed E-state index contributed by atoms with van der Waals surface area (Å²) in [6.07, 6.45) is 0.525. The van der Waals surface area contributed by atoms with Gasteiger partial charge < -0.3 is 69.2 Å². The van der Waals surface area contributed by atoms with Crippen molar-refractivity contribution >= 4 is 70.0 Å². The number of carbonyl (C=O) groups is 10. The predicted octanol–water partition coefficient (Wildman–Crippen LogP) is -4.34. The molecular formula is C41H53N11O12. The minimum Gasteiger partial charge on any atom is -0.481 e. The lowest BCUT2D eigenvalue weighted by molar-refractivity contribution is -0.144. The van der Waals surface area contributed by atoms with Crippen LogP contribution in [0.2, 0.25) is 0 Å². The van der Waals surface area contributed by atoms with Gasteiger partial charge in [0.15, 0.2) is 0 Å². The summed E-state index contributed by atoms with van der Waals surface area (Å²) in [7, 11) is 0. The molecule has 15 N–H and O–H groups in total. The first kappa shape index (κ1) is 49.3. The van der Waals surface area contributed by atoms with Crippen LogP contribution in [-0.2, 0) is 60.8 Å². The normalized spacial score (nSPS) is 16.2. The van der Waals surface area contributed by atoms with E-state index in [2.05, 4.69) is 36.9 Å². The highest BCUT2D eigenvalue weighted by atomic mass is 16.4. The number of aromatic amines is 1. The van der Waals surface area contributed by atoms with Crippen molar-refractivity contribution in [3.8, 4) is 0 Å². The monoisotopic (exact) mass is 891 g/mol. The Morgan fingerprint density at radius 2 is 1.33 bits per heavy atom. The summed E-state index contributed by atoms with van der Waals surface area (Å²) in [5, 5.41) is 34.4. The van der Waals surface area contributed by atoms with E-state index in [1.54, 1.807) is 60.8 Å². The van der Waals surface area contributed by atoms with Crippen molar-refractivity contribution in [2.24, 2.45) is 17.2 Å². The van der Waals surface area contributed by atoms with Gasteiger partial charge in [0.05, 0.1) is 32.0 Å². The van der Waals surface area contributed by atoms with Crippen LogP contribution in [0.4, 0.5) is 0 Å². The molecular weight excluding hydrogens is 839 g/mol. The molecule has 2 heterocycles. The Morgan fingerprint density at radius 1 is 0.734 bits per heavy atom. The number of carboxylic acids is 1. The maximum Gasteiger partial charge on any atom is 0.305 e. The molecule has 7 atom stereocenters. The number of aliphatic hydroxyl groups is 1. The standard InChI is InChI=1S/C41H53N11O12/c1-21(47-40(63)31-12-7-13-52(31)41(64)25(42)16-34(56)57)35(58)48-27(14-22-8-3-2-4-9-22)37(60)50-29(17-32(43)54)38(61)51-30(20-53)39(62)49-28(36(59)46-19-33(44)55)15-23-18-45-26-11-6-5-10-24(23)26/h2-6,8-11,18,21,25,27-31,45,53H,7,12-17,19-20,42H2,1H3,(H2,43,54)(H2,44,55)(H,46,59)(H,47,63)(H,48,58)(H,49,62)(H,50,60)(H,51,61)(H,56,57)/t21-,25-,27-,28-,29-,30-,31-/m0/s1. The van der Waals surface area contributed by atoms with Crippen LogP contribution in [0.3, 0.4) is 0 Å². The number of benzene rings is 2. The van der Waals surface area contributed by atoms with Crippen LogP contribution < -0.4 is 49.1 Å². The second-order valence-electron chi connectivity index (χ2n) is 15.2. The Balaban J connectivity index is 1.47. The predicted molar refractivity (Wildman–Crippen MR) is 226 cm³/mol. The zero-order valence-electron chi connectivity index (χ0n) is 34.8. The van der Waals surface area contributed by atoms with Gasteiger partial charge in [0.2, 0.25) is 53.2 Å². The molecule has 4 rings (SSSR count). The SMILES string of the molecule is C[C@H](NC(=O)[C@@H]1CCCN1C(=O)[C@@H](N)CC(=O)O)C(=O)N[C@@H](Cc1ccccc1)C(=O)N[C@@H](CC(N)=O)C(=O)N[C@@H](CO)C(=O)N[C@@H](Cc1c[nH]c2ccccc12)C(=O)NCC(N)=O. The van der Waals surface area contributed by atoms with Crippen LogP contribution in [0.5, 0.6) is 0 Å². The van der Waals surface area contributed by atoms with E-state index in [1.807, 2.05) is 0 Å². The quantitative estimate of drug-likeness (QED) is 0.0429. The second-order valence-corrected chi connectivity index (χ2v) is 15.2. The van der Waals surface area contributed by atoms with Crippen LogP contribution in [0.25, 0.3) is 10.9 Å². The van der Waals surface area contributed by atoms with Crippen molar-refractivity contribution in [2.45, 2.75) is 87.7 Å². The Kier molecular flexibility index (Phi) is 17.8. The molecule has 2 aromatic carbocycles. The van der Waals surface area contributed by atoms with Gasteiger partial charge in [-0.1, -0.05) is 48.5 Å². The first-order valence-electron chi connectivity index (χ1n) is 20.2. The van der Waals surface area contributed by atoms with Gasteiger partial charge in [0, 0.05) is 36.5 Å². The minimum absolute atomic E-state index is 0.106. The number of aliphatic hydroxyl groups excluding tert-OH is 1. The molecule has 64 heavy (non-hydrogen) atoms. The van der Waals surface area contributed by atoms with Gasteiger partial charge in [-0.3, -0.25) is 47.9 Å². The zero-order valence-corrected chi connectivity index (χ0v) is 34.8. The Hall–Kier alpha value is -7.40. The van der Waals surface area contributed by atoms with Gasteiger partial charge in [0.25, 0.3) is 0 Å². The van der Waals surface area contributed by atoms with E-state index in [4.69, 9.17) is 22.3 Å². The molecule has 9 amide bonds. The summed E-state index contributed by atoms with van der Waals surface area (Å²) in [6.45, 7) is -0.120. The molecule has 0 saturated carbocycles. The van der Waals surface area contributed by atoms with Crippen LogP contribution >= 0.6 is 0 Å². The third-order valence-corrected chi connectivity index (χ3v) is 10.2. The number of carbonyl (C=O) groups excluding carboxylic acids is 9. The van der Waals surface area contributed by atoms with Gasteiger partial charge in [-0.2, -0.15) is 0 Å². The van der Waals surface area contributed by atoms with E-state index >= 15 is 0 Å². The highest BCUT2D eigenvalue weighted by Crippen LogP contribution is 2.20. The molecule has 1 aliphatic heterocycles. The average Bonchev–Trinajstić information content (AvgIpc) is 3.91. The number of rotatable bonds is 23. The highest BCUT2D eigenvalue weighted by Gasteiger charge is 2.38. The van der Waals surface area contributed by atoms with Crippen molar-refractivity contribution in [1.29, 1.82) is 0 Å². The number of hydrogen-bond donors (Lipinski definition) is 12. The molecule has 0 radical (unpaired) electrons. The van der Waals surface area contributed by atoms with Gasteiger partial charge in [-0.15, -0.1) is 0 Å². The van der Waals surface area contributed by atoms with Crippen LogP contribution in [0.1, 0.15) is 43.7 Å². The summed E-state index contributed by atoms with van der Waals surface area (Å²) >= 11 is 0. The Bertz CT molecular complexity index is 2220. The van der Waals surface area contributed by atoms with Crippen LogP contribution in [0.15, 0.2) is 60.8 Å². The molecule has 3 aromatic rings. The Morgan fingerprint density at radius 3 is 1.98 bits per heavy atom. The van der Waals surface area contributed by atoms with Gasteiger partial charge in [-0.25, -0.2) is 0 Å². The fourth-order valence-electron chi connectivity index (χ4n) is 6.97. The van der Waals surface area contributed by atoms with Crippen molar-refractivity contribution in [1.82, 2.24) is 41.8 Å². The lowest BCUT2D eigenvalue weighted by Gasteiger charge is -2.28. The van der Waals surface area contributed by atoms with Crippen LogP contribution in [-0.4, -0.2) is 141 Å². The third kappa shape index (κ3) is 14.1. The number of primary amides is 2. The number of hydrogen-bond acceptors (Lipinski definition) is 12. The van der Waals surface area contributed by atoms with E-state index in [0.29, 0.717) is 17.5 Å². The fraction of sp³-hybridized carbons (Fsp3) is 0.415. The van der Waals surface area contributed by atoms with Crippen molar-refractivity contribution in [3.05, 3.63) is 71.9 Å². The number of amides is 9. The van der Waals surface area contributed by atoms with Crippen molar-refractivity contribution < 1.29 is 58.2 Å². The number of nitrogens with zero attached hydrogens (tertiary/aromatic N) is 1. The maximum absolute atomic E-state index is 13.9. The lowest BCUT2D eigenvalue weighted by Crippen LogP contribution is -2.61. The average molecular weight is 892 g/mol. The number of nitrogens with two attached hydrogens (primary N) is 3. The summed E-state index contributed by atoms with van der Waals surface area (Å²) in [5.41, 5.74) is 18.2. The van der Waals surface area contributed by atoms with Crippen molar-refractivity contribution in [3.63, 3.8) is 0 Å². The summed E-state index contributed by atoms with van der Waals surface area (Å²) < 4.78 is 0. The molecule has 0 spiro atoms. The number of para-hydroxylation sites is 1. The Labute approximate surface area is 366 Å². The van der Waals surface area contributed by atoms with Gasteiger partial charge in [0.1, 0.15) is 36.3 Å². The first-order chi connectivity index (χ1) is 30.4. The smallest absolute Gasteiger partial charge is 0.305 e. The molecule has 0 bridgehead atoms. The topological polar surface area (TPSA) is 380 Å². The molecule has 344 valence electrons. The van der Waals surface area contributed by atoms with Crippen LogP contribution in [0, 0.1) is 0 Å². The largest absolute Gasteiger partial charge is 0.481 e.